The van der Waals surface area contributed by atoms with Crippen LogP contribution >= 0.6 is 27.5 Å². The molecule has 0 heterocycles. The Morgan fingerprint density at radius 1 is 1.10 bits per heavy atom. The molecule has 3 N–H and O–H groups in total. The van der Waals surface area contributed by atoms with E-state index in [2.05, 4.69) is 20.7 Å². The summed E-state index contributed by atoms with van der Waals surface area (Å²) in [6.45, 7) is 0. The maximum Gasteiger partial charge on any atom is 0.262 e. The summed E-state index contributed by atoms with van der Waals surface area (Å²) < 4.78 is 53.0. The highest BCUT2D eigenvalue weighted by molar-refractivity contribution is 9.10. The number of hydrogen-bond acceptors (Lipinski definition) is 3. The number of benzene rings is 2. The fourth-order valence-corrected chi connectivity index (χ4v) is 3.82. The number of nitrogen functional groups attached to an aromatic ring is 1. The van der Waals surface area contributed by atoms with Crippen LogP contribution in [0.5, 0.6) is 0 Å². The predicted octanol–water partition coefficient (Wildman–Crippen LogP) is 3.76. The van der Waals surface area contributed by atoms with Gasteiger partial charge in [-0.1, -0.05) is 11.6 Å². The summed E-state index contributed by atoms with van der Waals surface area (Å²) in [6.07, 6.45) is 0. The Morgan fingerprint density at radius 2 is 1.71 bits per heavy atom. The highest BCUT2D eigenvalue weighted by Gasteiger charge is 2.19. The fourth-order valence-electron chi connectivity index (χ4n) is 1.57. The van der Waals surface area contributed by atoms with E-state index in [4.69, 9.17) is 17.3 Å². The van der Waals surface area contributed by atoms with Crippen molar-refractivity contribution in [2.45, 2.75) is 4.90 Å². The van der Waals surface area contributed by atoms with Gasteiger partial charge in [-0.25, -0.2) is 17.2 Å². The lowest BCUT2D eigenvalue weighted by Gasteiger charge is -2.12. The third-order valence-electron chi connectivity index (χ3n) is 2.45. The van der Waals surface area contributed by atoms with Crippen LogP contribution in [0.15, 0.2) is 39.7 Å². The van der Waals surface area contributed by atoms with Crippen molar-refractivity contribution in [2.75, 3.05) is 10.5 Å². The number of hydrogen-bond donors (Lipinski definition) is 2. The molecule has 0 saturated carbocycles. The van der Waals surface area contributed by atoms with E-state index < -0.39 is 21.7 Å². The van der Waals surface area contributed by atoms with Crippen molar-refractivity contribution in [3.63, 3.8) is 0 Å². The molecule has 0 aliphatic heterocycles. The number of halogens is 4. The van der Waals surface area contributed by atoms with Crippen molar-refractivity contribution in [1.29, 1.82) is 0 Å². The molecule has 0 spiro atoms. The zero-order valence-corrected chi connectivity index (χ0v) is 13.4. The summed E-state index contributed by atoms with van der Waals surface area (Å²) in [7, 11) is -4.12. The molecule has 0 amide bonds. The monoisotopic (exact) mass is 396 g/mol. The molecule has 4 nitrogen and oxygen atoms in total. The molecular formula is C12H8BrClF2N2O2S. The van der Waals surface area contributed by atoms with E-state index in [9.17, 15) is 17.2 Å². The molecule has 9 heteroatoms. The minimum atomic E-state index is -4.12. The van der Waals surface area contributed by atoms with Crippen LogP contribution in [0.1, 0.15) is 0 Å². The number of rotatable bonds is 3. The summed E-state index contributed by atoms with van der Waals surface area (Å²) in [5, 5.41) is -0.144. The maximum atomic E-state index is 13.3. The summed E-state index contributed by atoms with van der Waals surface area (Å²) in [5.41, 5.74) is 5.32. The molecule has 0 saturated heterocycles. The Kier molecular flexibility index (Phi) is 4.40. The molecule has 112 valence electrons. The lowest BCUT2D eigenvalue weighted by atomic mass is 10.3. The van der Waals surface area contributed by atoms with Gasteiger partial charge in [0.1, 0.15) is 11.6 Å². The van der Waals surface area contributed by atoms with Crippen LogP contribution < -0.4 is 10.5 Å². The first-order chi connectivity index (χ1) is 9.69. The molecule has 0 aliphatic rings. The quantitative estimate of drug-likeness (QED) is 0.775. The molecule has 0 radical (unpaired) electrons. The van der Waals surface area contributed by atoms with Crippen LogP contribution in [0.25, 0.3) is 0 Å². The van der Waals surface area contributed by atoms with Gasteiger partial charge >= 0.3 is 0 Å². The van der Waals surface area contributed by atoms with Crippen LogP contribution in [-0.4, -0.2) is 8.42 Å². The Bertz CT molecular complexity index is 772. The van der Waals surface area contributed by atoms with Crippen LogP contribution in [0.2, 0.25) is 5.02 Å². The minimum absolute atomic E-state index is 0.0420. The van der Waals surface area contributed by atoms with Crippen molar-refractivity contribution < 1.29 is 17.2 Å². The van der Waals surface area contributed by atoms with Gasteiger partial charge in [0.25, 0.3) is 10.0 Å². The maximum absolute atomic E-state index is 13.3. The lowest BCUT2D eigenvalue weighted by Crippen LogP contribution is -2.14. The Morgan fingerprint density at radius 3 is 2.29 bits per heavy atom. The van der Waals surface area contributed by atoms with Crippen molar-refractivity contribution in [1.82, 2.24) is 0 Å². The highest BCUT2D eigenvalue weighted by Crippen LogP contribution is 2.33. The standard InChI is InChI=1S/C12H8BrClF2N2O2S/c13-10-3-7(16)4-11(14)12(10)18-21(19,20)9-2-6(15)1-8(17)5-9/h1-5,18H,17H2. The third kappa shape index (κ3) is 3.63. The smallest absolute Gasteiger partial charge is 0.262 e. The fraction of sp³-hybridized carbons (Fsp3) is 0. The van der Waals surface area contributed by atoms with Gasteiger partial charge in [-0.3, -0.25) is 4.72 Å². The van der Waals surface area contributed by atoms with E-state index in [1.807, 2.05) is 0 Å². The highest BCUT2D eigenvalue weighted by atomic mass is 79.9. The molecule has 0 bridgehead atoms. The van der Waals surface area contributed by atoms with Crippen LogP contribution in [-0.2, 0) is 10.0 Å². The van der Waals surface area contributed by atoms with Crippen molar-refractivity contribution in [3.8, 4) is 0 Å². The molecule has 0 aliphatic carbocycles. The van der Waals surface area contributed by atoms with Crippen molar-refractivity contribution in [3.05, 3.63) is 51.5 Å². The van der Waals surface area contributed by atoms with E-state index in [-0.39, 0.29) is 25.8 Å². The average Bonchev–Trinajstić information content (AvgIpc) is 2.32. The van der Waals surface area contributed by atoms with Gasteiger partial charge in [0.15, 0.2) is 0 Å². The lowest BCUT2D eigenvalue weighted by molar-refractivity contribution is 0.595. The second-order valence-corrected chi connectivity index (χ2v) is 7.01. The first kappa shape index (κ1) is 16.0. The third-order valence-corrected chi connectivity index (χ3v) is 4.70. The second kappa shape index (κ2) is 5.78. The molecule has 2 aromatic rings. The van der Waals surface area contributed by atoms with Gasteiger partial charge in [0.2, 0.25) is 0 Å². The molecular weight excluding hydrogens is 390 g/mol. The molecule has 2 aromatic carbocycles. The minimum Gasteiger partial charge on any atom is -0.399 e. The van der Waals surface area contributed by atoms with Crippen LogP contribution in [0, 0.1) is 11.6 Å². The van der Waals surface area contributed by atoms with Gasteiger partial charge in [0.05, 0.1) is 15.6 Å². The first-order valence-corrected chi connectivity index (χ1v) is 8.08. The van der Waals surface area contributed by atoms with Gasteiger partial charge in [-0.2, -0.15) is 0 Å². The van der Waals surface area contributed by atoms with E-state index >= 15 is 0 Å². The first-order valence-electron chi connectivity index (χ1n) is 5.42. The normalized spacial score (nSPS) is 11.4. The molecule has 0 unspecified atom stereocenters. The largest absolute Gasteiger partial charge is 0.399 e. The number of nitrogens with one attached hydrogen (secondary N) is 1. The topological polar surface area (TPSA) is 72.2 Å². The van der Waals surface area contributed by atoms with E-state index in [1.165, 1.54) is 0 Å². The summed E-state index contributed by atoms with van der Waals surface area (Å²) in [6, 6.07) is 4.88. The summed E-state index contributed by atoms with van der Waals surface area (Å²) >= 11 is 8.80. The number of sulfonamides is 1. The average molecular weight is 398 g/mol. The second-order valence-electron chi connectivity index (χ2n) is 4.07. The summed E-state index contributed by atoms with van der Waals surface area (Å²) in [4.78, 5) is -0.368. The zero-order chi connectivity index (χ0) is 15.8. The number of anilines is 2. The number of nitrogens with two attached hydrogens (primary N) is 1. The molecule has 2 rings (SSSR count). The van der Waals surface area contributed by atoms with Crippen LogP contribution in [0.3, 0.4) is 0 Å². The molecule has 0 aromatic heterocycles. The molecule has 21 heavy (non-hydrogen) atoms. The van der Waals surface area contributed by atoms with Gasteiger partial charge < -0.3 is 5.73 Å². The van der Waals surface area contributed by atoms with Gasteiger partial charge in [-0.15, -0.1) is 0 Å². The Hall–Kier alpha value is -1.38. The van der Waals surface area contributed by atoms with E-state index in [0.717, 1.165) is 30.3 Å². The van der Waals surface area contributed by atoms with Crippen molar-refractivity contribution in [2.24, 2.45) is 0 Å². The van der Waals surface area contributed by atoms with Gasteiger partial charge in [0, 0.05) is 10.2 Å². The van der Waals surface area contributed by atoms with E-state index in [1.54, 1.807) is 0 Å². The predicted molar refractivity (Wildman–Crippen MR) is 80.7 cm³/mol. The Labute approximate surface area is 133 Å². The molecule has 0 fully saturated rings. The van der Waals surface area contributed by atoms with Crippen LogP contribution in [0.4, 0.5) is 20.2 Å². The van der Waals surface area contributed by atoms with Crippen molar-refractivity contribution >= 4 is 48.9 Å². The Balaban J connectivity index is 2.47. The van der Waals surface area contributed by atoms with Gasteiger partial charge in [-0.05, 0) is 46.3 Å². The van der Waals surface area contributed by atoms with E-state index in [0.29, 0.717) is 0 Å². The SMILES string of the molecule is Nc1cc(F)cc(S(=O)(=O)Nc2c(Cl)cc(F)cc2Br)c1. The zero-order valence-electron chi connectivity index (χ0n) is 10.2. The summed E-state index contributed by atoms with van der Waals surface area (Å²) in [5.74, 6) is -1.43. The molecule has 0 atom stereocenters.